The number of piperidine rings is 1. The largest absolute Gasteiger partial charge is 0.383 e. The summed E-state index contributed by atoms with van der Waals surface area (Å²) in [4.78, 5) is 2.71. The number of hydrogen-bond donors (Lipinski definition) is 1. The lowest BCUT2D eigenvalue weighted by Crippen LogP contribution is -2.52. The van der Waals surface area contributed by atoms with Crippen molar-refractivity contribution in [1.29, 1.82) is 0 Å². The van der Waals surface area contributed by atoms with Crippen LogP contribution in [0.2, 0.25) is 0 Å². The van der Waals surface area contributed by atoms with E-state index in [-0.39, 0.29) is 0 Å². The first kappa shape index (κ1) is 11.4. The van der Waals surface area contributed by atoms with Crippen LogP contribution in [0.5, 0.6) is 0 Å². The van der Waals surface area contributed by atoms with Crippen LogP contribution in [-0.2, 0) is 4.74 Å². The molecule has 0 radical (unpaired) electrons. The lowest BCUT2D eigenvalue weighted by atomic mass is 9.96. The van der Waals surface area contributed by atoms with Crippen molar-refractivity contribution < 1.29 is 4.74 Å². The summed E-state index contributed by atoms with van der Waals surface area (Å²) in [6.07, 6.45) is 5.41. The summed E-state index contributed by atoms with van der Waals surface area (Å²) in [6, 6.07) is 2.93. The highest BCUT2D eigenvalue weighted by Crippen LogP contribution is 2.37. The molecule has 2 bridgehead atoms. The topological polar surface area (TPSA) is 24.5 Å². The Kier molecular flexibility index (Phi) is 3.65. The van der Waals surface area contributed by atoms with Gasteiger partial charge in [0, 0.05) is 31.3 Å². The Hall–Kier alpha value is -0.120. The minimum absolute atomic E-state index is 0.588. The number of nitrogens with one attached hydrogen (secondary N) is 1. The minimum Gasteiger partial charge on any atom is -0.383 e. The zero-order chi connectivity index (χ0) is 10.8. The van der Waals surface area contributed by atoms with E-state index in [2.05, 4.69) is 24.2 Å². The Morgan fingerprint density at radius 3 is 2.40 bits per heavy atom. The third-order valence-electron chi connectivity index (χ3n) is 4.11. The van der Waals surface area contributed by atoms with Crippen LogP contribution in [0.1, 0.15) is 32.6 Å². The summed E-state index contributed by atoms with van der Waals surface area (Å²) in [5.41, 5.74) is 0. The summed E-state index contributed by atoms with van der Waals surface area (Å²) >= 11 is 0. The van der Waals surface area contributed by atoms with Gasteiger partial charge in [0.25, 0.3) is 0 Å². The molecule has 0 aliphatic carbocycles. The van der Waals surface area contributed by atoms with Crippen LogP contribution in [-0.4, -0.2) is 49.8 Å². The molecule has 0 aromatic carbocycles. The van der Waals surface area contributed by atoms with Gasteiger partial charge in [-0.3, -0.25) is 4.90 Å². The maximum Gasteiger partial charge on any atom is 0.0615 e. The molecule has 0 spiro atoms. The van der Waals surface area contributed by atoms with Crippen molar-refractivity contribution in [2.75, 3.05) is 20.8 Å². The van der Waals surface area contributed by atoms with Gasteiger partial charge in [-0.1, -0.05) is 0 Å². The van der Waals surface area contributed by atoms with Crippen molar-refractivity contribution in [3.63, 3.8) is 0 Å². The van der Waals surface area contributed by atoms with Gasteiger partial charge in [-0.2, -0.15) is 0 Å². The first-order chi connectivity index (χ1) is 7.26. The van der Waals surface area contributed by atoms with Crippen LogP contribution in [0.3, 0.4) is 0 Å². The van der Waals surface area contributed by atoms with E-state index in [0.717, 1.165) is 24.7 Å². The van der Waals surface area contributed by atoms with Crippen LogP contribution < -0.4 is 5.32 Å². The average Bonchev–Trinajstić information content (AvgIpc) is 2.50. The van der Waals surface area contributed by atoms with Crippen molar-refractivity contribution in [2.24, 2.45) is 0 Å². The molecule has 2 aliphatic rings. The molecule has 3 unspecified atom stereocenters. The predicted octanol–water partition coefficient (Wildman–Crippen LogP) is 1.24. The number of ether oxygens (including phenoxy) is 1. The molecule has 2 saturated heterocycles. The lowest BCUT2D eigenvalue weighted by Gasteiger charge is -2.42. The lowest BCUT2D eigenvalue weighted by molar-refractivity contribution is 0.0344. The maximum absolute atomic E-state index is 5.28. The molecule has 2 heterocycles. The van der Waals surface area contributed by atoms with Crippen LogP contribution in [0.4, 0.5) is 0 Å². The molecule has 88 valence electrons. The van der Waals surface area contributed by atoms with Crippen molar-refractivity contribution >= 4 is 0 Å². The molecule has 3 heteroatoms. The molecule has 0 aromatic rings. The molecule has 0 amide bonds. The minimum atomic E-state index is 0.588. The van der Waals surface area contributed by atoms with E-state index in [1.54, 1.807) is 7.11 Å². The molecule has 1 N–H and O–H groups in total. The fourth-order valence-corrected chi connectivity index (χ4v) is 3.50. The highest BCUT2D eigenvalue weighted by molar-refractivity contribution is 4.98. The van der Waals surface area contributed by atoms with Gasteiger partial charge in [0.15, 0.2) is 0 Å². The van der Waals surface area contributed by atoms with Crippen LogP contribution >= 0.6 is 0 Å². The van der Waals surface area contributed by atoms with Gasteiger partial charge in [-0.05, 0) is 39.7 Å². The highest BCUT2D eigenvalue weighted by atomic mass is 16.5. The second-order valence-electron chi connectivity index (χ2n) is 5.09. The fraction of sp³-hybridized carbons (Fsp3) is 1.00. The average molecular weight is 212 g/mol. The number of nitrogens with zero attached hydrogens (tertiary/aromatic N) is 1. The number of hydrogen-bond acceptors (Lipinski definition) is 3. The summed E-state index contributed by atoms with van der Waals surface area (Å²) in [5, 5.41) is 3.44. The van der Waals surface area contributed by atoms with Gasteiger partial charge in [0.1, 0.15) is 0 Å². The molecule has 0 saturated carbocycles. The normalized spacial score (nSPS) is 38.2. The van der Waals surface area contributed by atoms with Gasteiger partial charge in [-0.25, -0.2) is 0 Å². The number of methoxy groups -OCH3 is 1. The van der Waals surface area contributed by atoms with E-state index in [1.807, 2.05) is 0 Å². The van der Waals surface area contributed by atoms with E-state index in [0.29, 0.717) is 6.04 Å². The Bertz CT molecular complexity index is 196. The molecule has 2 rings (SSSR count). The summed E-state index contributed by atoms with van der Waals surface area (Å²) < 4.78 is 5.28. The van der Waals surface area contributed by atoms with Crippen LogP contribution in [0.15, 0.2) is 0 Å². The Labute approximate surface area is 93.2 Å². The molecule has 15 heavy (non-hydrogen) atoms. The van der Waals surface area contributed by atoms with Crippen LogP contribution in [0.25, 0.3) is 0 Å². The van der Waals surface area contributed by atoms with Gasteiger partial charge in [0.2, 0.25) is 0 Å². The SMILES string of the molecule is CNC1CC2CCC(C1)N2C(C)COC. The molecular weight excluding hydrogens is 188 g/mol. The first-order valence-corrected chi connectivity index (χ1v) is 6.20. The third-order valence-corrected chi connectivity index (χ3v) is 4.11. The second kappa shape index (κ2) is 4.81. The summed E-state index contributed by atoms with van der Waals surface area (Å²) in [5.74, 6) is 0. The quantitative estimate of drug-likeness (QED) is 0.759. The van der Waals surface area contributed by atoms with Crippen molar-refractivity contribution in [3.05, 3.63) is 0 Å². The summed E-state index contributed by atoms with van der Waals surface area (Å²) in [6.45, 7) is 3.17. The van der Waals surface area contributed by atoms with Gasteiger partial charge < -0.3 is 10.1 Å². The first-order valence-electron chi connectivity index (χ1n) is 6.20. The van der Waals surface area contributed by atoms with Gasteiger partial charge >= 0.3 is 0 Å². The number of fused-ring (bicyclic) bond motifs is 2. The van der Waals surface area contributed by atoms with Crippen molar-refractivity contribution in [2.45, 2.75) is 56.8 Å². The van der Waals surface area contributed by atoms with Crippen molar-refractivity contribution in [1.82, 2.24) is 10.2 Å². The van der Waals surface area contributed by atoms with Gasteiger partial charge in [-0.15, -0.1) is 0 Å². The van der Waals surface area contributed by atoms with E-state index >= 15 is 0 Å². The Morgan fingerprint density at radius 2 is 1.93 bits per heavy atom. The van der Waals surface area contributed by atoms with E-state index < -0.39 is 0 Å². The molecule has 2 fully saturated rings. The zero-order valence-corrected chi connectivity index (χ0v) is 10.2. The van der Waals surface area contributed by atoms with Gasteiger partial charge in [0.05, 0.1) is 6.61 Å². The second-order valence-corrected chi connectivity index (χ2v) is 5.09. The van der Waals surface area contributed by atoms with E-state index in [1.165, 1.54) is 25.7 Å². The highest BCUT2D eigenvalue weighted by Gasteiger charge is 2.42. The Morgan fingerprint density at radius 1 is 1.33 bits per heavy atom. The molecule has 3 atom stereocenters. The predicted molar refractivity (Wildman–Crippen MR) is 62.1 cm³/mol. The van der Waals surface area contributed by atoms with E-state index in [9.17, 15) is 0 Å². The molecule has 2 aliphatic heterocycles. The van der Waals surface area contributed by atoms with Crippen LogP contribution in [0, 0.1) is 0 Å². The molecule has 0 aromatic heterocycles. The van der Waals surface area contributed by atoms with E-state index in [4.69, 9.17) is 4.74 Å². The maximum atomic E-state index is 5.28. The molecular formula is C12H24N2O. The Balaban J connectivity index is 1.98. The standard InChI is InChI=1S/C12H24N2O/c1-9(8-15-3)14-11-4-5-12(14)7-10(6-11)13-2/h9-13H,4-8H2,1-3H3. The smallest absolute Gasteiger partial charge is 0.0615 e. The monoisotopic (exact) mass is 212 g/mol. The number of rotatable bonds is 4. The third kappa shape index (κ3) is 2.19. The molecule has 3 nitrogen and oxygen atoms in total. The van der Waals surface area contributed by atoms with Crippen molar-refractivity contribution in [3.8, 4) is 0 Å². The summed E-state index contributed by atoms with van der Waals surface area (Å²) in [7, 11) is 3.90. The fourth-order valence-electron chi connectivity index (χ4n) is 3.50. The zero-order valence-electron chi connectivity index (χ0n) is 10.2.